The summed E-state index contributed by atoms with van der Waals surface area (Å²) >= 11 is 0. The minimum atomic E-state index is -0.221. The molecule has 1 aliphatic rings. The first-order valence-corrected chi connectivity index (χ1v) is 7.21. The summed E-state index contributed by atoms with van der Waals surface area (Å²) in [6.45, 7) is 2.17. The van der Waals surface area contributed by atoms with Crippen molar-refractivity contribution in [3.63, 3.8) is 0 Å². The van der Waals surface area contributed by atoms with E-state index in [0.29, 0.717) is 0 Å². The molecule has 1 aliphatic carbocycles. The van der Waals surface area contributed by atoms with E-state index in [1.807, 2.05) is 0 Å². The Morgan fingerprint density at radius 3 is 2.39 bits per heavy atom. The van der Waals surface area contributed by atoms with Gasteiger partial charge in [-0.1, -0.05) is 42.8 Å². The molecule has 1 N–H and O–H groups in total. The standard InChI is InChI=1S/C17H24O/c1-2-14-8-10-16(11-9-14)13-17(18)12-15-6-4-3-5-7-15/h6,8-11,17-18H,2-5,7,12-13H2,1H3. The van der Waals surface area contributed by atoms with Crippen LogP contribution in [0.4, 0.5) is 0 Å². The highest BCUT2D eigenvalue weighted by Crippen LogP contribution is 2.22. The Kier molecular flexibility index (Phi) is 5.00. The fourth-order valence-corrected chi connectivity index (χ4v) is 2.65. The first kappa shape index (κ1) is 13.4. The Balaban J connectivity index is 1.85. The number of aliphatic hydroxyl groups is 1. The van der Waals surface area contributed by atoms with Gasteiger partial charge in [0.25, 0.3) is 0 Å². The number of aryl methyl sites for hydroxylation is 1. The first-order chi connectivity index (χ1) is 8.78. The third-order valence-electron chi connectivity index (χ3n) is 3.79. The summed E-state index contributed by atoms with van der Waals surface area (Å²) in [4.78, 5) is 0. The molecule has 0 radical (unpaired) electrons. The van der Waals surface area contributed by atoms with Gasteiger partial charge in [0.2, 0.25) is 0 Å². The van der Waals surface area contributed by atoms with Crippen LogP contribution in [0.5, 0.6) is 0 Å². The Hall–Kier alpha value is -1.08. The second-order valence-corrected chi connectivity index (χ2v) is 5.34. The Labute approximate surface area is 111 Å². The molecule has 1 heteroatoms. The summed E-state index contributed by atoms with van der Waals surface area (Å²) in [5.41, 5.74) is 4.07. The SMILES string of the molecule is CCc1ccc(CC(O)CC2=CCCCC2)cc1. The molecule has 98 valence electrons. The van der Waals surface area contributed by atoms with Gasteiger partial charge in [0, 0.05) is 0 Å². The maximum atomic E-state index is 10.1. The van der Waals surface area contributed by atoms with Crippen molar-refractivity contribution in [3.8, 4) is 0 Å². The molecule has 0 aromatic heterocycles. The highest BCUT2D eigenvalue weighted by Gasteiger charge is 2.10. The van der Waals surface area contributed by atoms with Crippen LogP contribution in [-0.4, -0.2) is 11.2 Å². The number of hydrogen-bond acceptors (Lipinski definition) is 1. The van der Waals surface area contributed by atoms with Crippen molar-refractivity contribution in [2.24, 2.45) is 0 Å². The number of hydrogen-bond donors (Lipinski definition) is 1. The largest absolute Gasteiger partial charge is 0.392 e. The van der Waals surface area contributed by atoms with Crippen molar-refractivity contribution >= 4 is 0 Å². The molecule has 0 aliphatic heterocycles. The summed E-state index contributed by atoms with van der Waals surface area (Å²) in [6.07, 6.45) is 9.82. The quantitative estimate of drug-likeness (QED) is 0.775. The summed E-state index contributed by atoms with van der Waals surface area (Å²) in [5, 5.41) is 10.1. The van der Waals surface area contributed by atoms with Crippen LogP contribution in [0.3, 0.4) is 0 Å². The Morgan fingerprint density at radius 2 is 1.78 bits per heavy atom. The lowest BCUT2D eigenvalue weighted by molar-refractivity contribution is 0.173. The third-order valence-corrected chi connectivity index (χ3v) is 3.79. The van der Waals surface area contributed by atoms with Gasteiger partial charge >= 0.3 is 0 Å². The lowest BCUT2D eigenvalue weighted by Gasteiger charge is -2.16. The predicted molar refractivity (Wildman–Crippen MR) is 76.7 cm³/mol. The number of rotatable bonds is 5. The van der Waals surface area contributed by atoms with Gasteiger partial charge in [0.15, 0.2) is 0 Å². The second kappa shape index (κ2) is 6.75. The second-order valence-electron chi connectivity index (χ2n) is 5.34. The van der Waals surface area contributed by atoms with E-state index in [0.717, 1.165) is 19.3 Å². The van der Waals surface area contributed by atoms with Gasteiger partial charge in [0.05, 0.1) is 6.10 Å². The van der Waals surface area contributed by atoms with Gasteiger partial charge in [-0.05, 0) is 56.1 Å². The highest BCUT2D eigenvalue weighted by molar-refractivity contribution is 5.23. The van der Waals surface area contributed by atoms with Crippen molar-refractivity contribution in [1.82, 2.24) is 0 Å². The van der Waals surface area contributed by atoms with Crippen LogP contribution in [0.15, 0.2) is 35.9 Å². The number of allylic oxidation sites excluding steroid dienone is 1. The minimum absolute atomic E-state index is 0.221. The molecule has 1 aromatic rings. The van der Waals surface area contributed by atoms with E-state index in [2.05, 4.69) is 37.3 Å². The maximum Gasteiger partial charge on any atom is 0.0617 e. The van der Waals surface area contributed by atoms with Crippen molar-refractivity contribution in [3.05, 3.63) is 47.0 Å². The minimum Gasteiger partial charge on any atom is -0.392 e. The van der Waals surface area contributed by atoms with Crippen LogP contribution in [0, 0.1) is 0 Å². The molecule has 1 unspecified atom stereocenters. The molecular formula is C17H24O. The van der Waals surface area contributed by atoms with E-state index in [4.69, 9.17) is 0 Å². The third kappa shape index (κ3) is 3.99. The lowest BCUT2D eigenvalue weighted by atomic mass is 9.93. The van der Waals surface area contributed by atoms with Crippen LogP contribution in [0.1, 0.15) is 50.2 Å². The molecule has 2 rings (SSSR count). The summed E-state index contributed by atoms with van der Waals surface area (Å²) in [7, 11) is 0. The van der Waals surface area contributed by atoms with Crippen molar-refractivity contribution in [2.45, 2.75) is 58.0 Å². The molecule has 0 fully saturated rings. The van der Waals surface area contributed by atoms with Gasteiger partial charge in [-0.2, -0.15) is 0 Å². The predicted octanol–water partition coefficient (Wildman–Crippen LogP) is 4.04. The Bertz CT molecular complexity index is 389. The van der Waals surface area contributed by atoms with Gasteiger partial charge < -0.3 is 5.11 Å². The van der Waals surface area contributed by atoms with Gasteiger partial charge in [-0.15, -0.1) is 0 Å². The molecule has 18 heavy (non-hydrogen) atoms. The Morgan fingerprint density at radius 1 is 1.06 bits per heavy atom. The van der Waals surface area contributed by atoms with Gasteiger partial charge in [0.1, 0.15) is 0 Å². The zero-order chi connectivity index (χ0) is 12.8. The summed E-state index contributed by atoms with van der Waals surface area (Å²) < 4.78 is 0. The van der Waals surface area contributed by atoms with E-state index in [-0.39, 0.29) is 6.10 Å². The summed E-state index contributed by atoms with van der Waals surface area (Å²) in [6, 6.07) is 8.64. The van der Waals surface area contributed by atoms with Gasteiger partial charge in [-0.25, -0.2) is 0 Å². The van der Waals surface area contributed by atoms with Crippen molar-refractivity contribution in [1.29, 1.82) is 0 Å². The van der Waals surface area contributed by atoms with Gasteiger partial charge in [-0.3, -0.25) is 0 Å². The molecule has 0 bridgehead atoms. The zero-order valence-electron chi connectivity index (χ0n) is 11.4. The van der Waals surface area contributed by atoms with E-state index in [1.165, 1.54) is 42.4 Å². The maximum absolute atomic E-state index is 10.1. The average Bonchev–Trinajstić information content (AvgIpc) is 2.40. The van der Waals surface area contributed by atoms with Crippen LogP contribution in [0.2, 0.25) is 0 Å². The first-order valence-electron chi connectivity index (χ1n) is 7.21. The van der Waals surface area contributed by atoms with Crippen molar-refractivity contribution in [2.75, 3.05) is 0 Å². The molecule has 0 heterocycles. The van der Waals surface area contributed by atoms with E-state index < -0.39 is 0 Å². The molecule has 1 atom stereocenters. The molecule has 1 nitrogen and oxygen atoms in total. The summed E-state index contributed by atoms with van der Waals surface area (Å²) in [5.74, 6) is 0. The molecule has 1 aromatic carbocycles. The molecule has 0 saturated heterocycles. The van der Waals surface area contributed by atoms with Crippen molar-refractivity contribution < 1.29 is 5.11 Å². The van der Waals surface area contributed by atoms with Crippen LogP contribution < -0.4 is 0 Å². The van der Waals surface area contributed by atoms with Crippen LogP contribution >= 0.6 is 0 Å². The molecule has 0 spiro atoms. The lowest BCUT2D eigenvalue weighted by Crippen LogP contribution is -2.12. The average molecular weight is 244 g/mol. The number of aliphatic hydroxyl groups excluding tert-OH is 1. The van der Waals surface area contributed by atoms with E-state index in [1.54, 1.807) is 0 Å². The normalized spacial score (nSPS) is 17.3. The fraction of sp³-hybridized carbons (Fsp3) is 0.529. The van der Waals surface area contributed by atoms with Crippen LogP contribution in [-0.2, 0) is 12.8 Å². The monoisotopic (exact) mass is 244 g/mol. The van der Waals surface area contributed by atoms with Crippen LogP contribution in [0.25, 0.3) is 0 Å². The smallest absolute Gasteiger partial charge is 0.0617 e. The van der Waals surface area contributed by atoms with E-state index in [9.17, 15) is 5.11 Å². The zero-order valence-corrected chi connectivity index (χ0v) is 11.4. The molecular weight excluding hydrogens is 220 g/mol. The van der Waals surface area contributed by atoms with E-state index >= 15 is 0 Å². The fourth-order valence-electron chi connectivity index (χ4n) is 2.65. The highest BCUT2D eigenvalue weighted by atomic mass is 16.3. The molecule has 0 saturated carbocycles. The topological polar surface area (TPSA) is 20.2 Å². The number of benzene rings is 1. The molecule has 0 amide bonds.